The molecule has 0 saturated heterocycles. The summed E-state index contributed by atoms with van der Waals surface area (Å²) in [4.78, 5) is 29.8. The zero-order valence-electron chi connectivity index (χ0n) is 15.4. The van der Waals surface area contributed by atoms with Crippen LogP contribution in [0.1, 0.15) is 25.3 Å². The Morgan fingerprint density at radius 1 is 1.33 bits per heavy atom. The van der Waals surface area contributed by atoms with Gasteiger partial charge in [0.2, 0.25) is 11.9 Å². The van der Waals surface area contributed by atoms with Crippen molar-refractivity contribution < 1.29 is 19.1 Å². The number of hydrogen-bond acceptors (Lipinski definition) is 6. The monoisotopic (exact) mass is 370 g/mol. The van der Waals surface area contributed by atoms with E-state index in [1.54, 1.807) is 32.2 Å². The zero-order chi connectivity index (χ0) is 19.6. The van der Waals surface area contributed by atoms with E-state index >= 15 is 0 Å². The lowest BCUT2D eigenvalue weighted by Gasteiger charge is -2.38. The minimum atomic E-state index is -0.651. The molecule has 1 heterocycles. The smallest absolute Gasteiger partial charge is 0.313 e. The van der Waals surface area contributed by atoms with Gasteiger partial charge in [-0.1, -0.05) is 17.7 Å². The first kappa shape index (κ1) is 18.6. The lowest BCUT2D eigenvalue weighted by Crippen LogP contribution is -2.50. The summed E-state index contributed by atoms with van der Waals surface area (Å²) < 4.78 is 10.5. The molecule has 3 rings (SSSR count). The number of carbonyl (C=O) groups is 2. The molecule has 3 atom stereocenters. The van der Waals surface area contributed by atoms with E-state index in [1.807, 2.05) is 19.1 Å². The largest absolute Gasteiger partial charge is 0.497 e. The summed E-state index contributed by atoms with van der Waals surface area (Å²) in [6.45, 7) is 3.86. The number of methoxy groups -OCH3 is 1. The number of guanidine groups is 1. The van der Waals surface area contributed by atoms with Gasteiger partial charge in [0, 0.05) is 5.92 Å². The highest BCUT2D eigenvalue weighted by atomic mass is 16.5. The van der Waals surface area contributed by atoms with Gasteiger partial charge in [-0.15, -0.1) is 5.10 Å². The highest BCUT2D eigenvalue weighted by Crippen LogP contribution is 2.43. The summed E-state index contributed by atoms with van der Waals surface area (Å²) in [5.41, 5.74) is 2.12. The fourth-order valence-corrected chi connectivity index (χ4v) is 3.65. The van der Waals surface area contributed by atoms with Crippen molar-refractivity contribution in [1.29, 1.82) is 0 Å². The van der Waals surface area contributed by atoms with E-state index in [2.05, 4.69) is 15.4 Å². The molecule has 8 nitrogen and oxygen atoms in total. The van der Waals surface area contributed by atoms with Gasteiger partial charge in [0.1, 0.15) is 5.75 Å². The Labute approximate surface area is 157 Å². The Kier molecular flexibility index (Phi) is 5.25. The third kappa shape index (κ3) is 3.42. The van der Waals surface area contributed by atoms with E-state index in [0.29, 0.717) is 11.5 Å². The third-order valence-corrected chi connectivity index (χ3v) is 4.82. The summed E-state index contributed by atoms with van der Waals surface area (Å²) in [7, 11) is 1.58. The number of carbonyl (C=O) groups excluding carboxylic acids is 2. The standard InChI is InChI=1S/C19H22N4O4/c1-4-27-18(25)14-10(2)9-13-16(17(24)22-19(21-13)23-20)15(14)11-5-7-12(26-3)8-6-11/h5-9,14-16H,4,20H2,1-3H3,(H,22,23,24). The van der Waals surface area contributed by atoms with Gasteiger partial charge in [0.25, 0.3) is 0 Å². The van der Waals surface area contributed by atoms with E-state index < -0.39 is 17.8 Å². The molecule has 0 fully saturated rings. The van der Waals surface area contributed by atoms with Crippen LogP contribution in [-0.2, 0) is 14.3 Å². The molecule has 1 aliphatic heterocycles. The van der Waals surface area contributed by atoms with Gasteiger partial charge in [0.05, 0.1) is 31.3 Å². The molecule has 3 unspecified atom stereocenters. The molecule has 0 aromatic heterocycles. The molecule has 27 heavy (non-hydrogen) atoms. The van der Waals surface area contributed by atoms with Crippen LogP contribution >= 0.6 is 0 Å². The molecule has 142 valence electrons. The van der Waals surface area contributed by atoms with Crippen LogP contribution in [0.5, 0.6) is 5.75 Å². The molecular weight excluding hydrogens is 348 g/mol. The van der Waals surface area contributed by atoms with Crippen LogP contribution in [0, 0.1) is 11.8 Å². The first-order valence-corrected chi connectivity index (χ1v) is 8.66. The summed E-state index contributed by atoms with van der Waals surface area (Å²) in [5, 5.41) is 6.06. The maximum Gasteiger partial charge on any atom is 0.313 e. The van der Waals surface area contributed by atoms with Crippen molar-refractivity contribution in [2.24, 2.45) is 27.8 Å². The second-order valence-electron chi connectivity index (χ2n) is 6.37. The van der Waals surface area contributed by atoms with Gasteiger partial charge in [-0.2, -0.15) is 0 Å². The predicted molar refractivity (Wildman–Crippen MR) is 100 cm³/mol. The Morgan fingerprint density at radius 2 is 2.04 bits per heavy atom. The number of rotatable bonds is 4. The number of aliphatic imine (C=N–C) groups is 1. The number of amides is 1. The second-order valence-corrected chi connectivity index (χ2v) is 6.37. The molecule has 0 bridgehead atoms. The average molecular weight is 370 g/mol. The molecule has 1 aromatic carbocycles. The second kappa shape index (κ2) is 7.61. The van der Waals surface area contributed by atoms with Crippen molar-refractivity contribution >= 4 is 23.5 Å². The first-order chi connectivity index (χ1) is 13.0. The number of nitrogens with zero attached hydrogens (tertiary/aromatic N) is 2. The minimum absolute atomic E-state index is 0.0540. The number of nitrogens with two attached hydrogens (primary N) is 1. The highest BCUT2D eigenvalue weighted by Gasteiger charge is 2.47. The Bertz CT molecular complexity index is 842. The van der Waals surface area contributed by atoms with Crippen LogP contribution < -0.4 is 15.9 Å². The van der Waals surface area contributed by atoms with Gasteiger partial charge >= 0.3 is 5.97 Å². The minimum Gasteiger partial charge on any atom is -0.497 e. The number of esters is 1. The van der Waals surface area contributed by atoms with Crippen LogP contribution in [-0.4, -0.2) is 37.3 Å². The van der Waals surface area contributed by atoms with Crippen molar-refractivity contribution in [2.75, 3.05) is 13.7 Å². The molecule has 8 heteroatoms. The van der Waals surface area contributed by atoms with Crippen LogP contribution in [0.2, 0.25) is 0 Å². The molecule has 3 N–H and O–H groups in total. The van der Waals surface area contributed by atoms with Crippen LogP contribution in [0.25, 0.3) is 0 Å². The number of benzene rings is 1. The Hall–Kier alpha value is -3.16. The van der Waals surface area contributed by atoms with Gasteiger partial charge < -0.3 is 15.3 Å². The van der Waals surface area contributed by atoms with Crippen molar-refractivity contribution in [1.82, 2.24) is 5.32 Å². The van der Waals surface area contributed by atoms with Crippen LogP contribution in [0.3, 0.4) is 0 Å². The summed E-state index contributed by atoms with van der Waals surface area (Å²) in [6, 6.07) is 7.31. The lowest BCUT2D eigenvalue weighted by molar-refractivity contribution is -0.148. The van der Waals surface area contributed by atoms with Crippen LogP contribution in [0.4, 0.5) is 0 Å². The topological polar surface area (TPSA) is 115 Å². The molecule has 1 amide bonds. The maximum absolute atomic E-state index is 12.8. The number of fused-ring (bicyclic) bond motifs is 1. The normalized spacial score (nSPS) is 25.8. The summed E-state index contributed by atoms with van der Waals surface area (Å²) >= 11 is 0. The molecule has 0 spiro atoms. The third-order valence-electron chi connectivity index (χ3n) is 4.82. The molecular formula is C19H22N4O4. The Balaban J connectivity index is 2.14. The zero-order valence-corrected chi connectivity index (χ0v) is 15.4. The number of hydrazone groups is 1. The van der Waals surface area contributed by atoms with Crippen LogP contribution in [0.15, 0.2) is 46.0 Å². The molecule has 0 saturated carbocycles. The molecule has 1 aromatic rings. The first-order valence-electron chi connectivity index (χ1n) is 8.66. The number of hydrogen-bond donors (Lipinski definition) is 2. The summed E-state index contributed by atoms with van der Waals surface area (Å²) in [5.74, 6) is 3.64. The van der Waals surface area contributed by atoms with Crippen molar-refractivity contribution in [3.05, 3.63) is 41.5 Å². The molecule has 1 aliphatic carbocycles. The van der Waals surface area contributed by atoms with E-state index in [0.717, 1.165) is 11.1 Å². The molecule has 2 aliphatic rings. The van der Waals surface area contributed by atoms with Crippen molar-refractivity contribution in [3.8, 4) is 5.75 Å². The van der Waals surface area contributed by atoms with Gasteiger partial charge in [0.15, 0.2) is 0 Å². The van der Waals surface area contributed by atoms with Gasteiger partial charge in [-0.25, -0.2) is 4.99 Å². The number of allylic oxidation sites excluding steroid dienone is 1. The maximum atomic E-state index is 12.8. The van der Waals surface area contributed by atoms with E-state index in [-0.39, 0.29) is 24.4 Å². The fraction of sp³-hybridized carbons (Fsp3) is 0.368. The highest BCUT2D eigenvalue weighted by molar-refractivity contribution is 6.22. The van der Waals surface area contributed by atoms with Crippen molar-refractivity contribution in [3.63, 3.8) is 0 Å². The molecule has 0 radical (unpaired) electrons. The van der Waals surface area contributed by atoms with Gasteiger partial charge in [-0.05, 0) is 37.6 Å². The average Bonchev–Trinajstić information content (AvgIpc) is 2.66. The van der Waals surface area contributed by atoms with E-state index in [4.69, 9.17) is 15.3 Å². The lowest BCUT2D eigenvalue weighted by atomic mass is 9.67. The fourth-order valence-electron chi connectivity index (χ4n) is 3.65. The van der Waals surface area contributed by atoms with E-state index in [9.17, 15) is 9.59 Å². The van der Waals surface area contributed by atoms with E-state index in [1.165, 1.54) is 0 Å². The quantitative estimate of drug-likeness (QED) is 0.471. The summed E-state index contributed by atoms with van der Waals surface area (Å²) in [6.07, 6.45) is 1.75. The SMILES string of the molecule is CCOC(=O)C1C(C)=CC2=N/C(=N/N)NC(=O)C2C1c1ccc(OC)cc1. The van der Waals surface area contributed by atoms with Gasteiger partial charge in [-0.3, -0.25) is 14.9 Å². The predicted octanol–water partition coefficient (Wildman–Crippen LogP) is 1.33. The Morgan fingerprint density at radius 3 is 2.63 bits per heavy atom. The number of nitrogens with one attached hydrogen (secondary N) is 1. The van der Waals surface area contributed by atoms with Crippen molar-refractivity contribution in [2.45, 2.75) is 19.8 Å². The number of ether oxygens (including phenoxy) is 2.